The fourth-order valence-electron chi connectivity index (χ4n) is 0.924. The molecule has 78 valence electrons. The van der Waals surface area contributed by atoms with Gasteiger partial charge in [0, 0.05) is 26.9 Å². The topological polar surface area (TPSA) is 40.2 Å². The highest BCUT2D eigenvalue weighted by Gasteiger charge is 2.29. The molecule has 1 aliphatic rings. The predicted molar refractivity (Wildman–Crippen MR) is 51.0 cm³/mol. The fourth-order valence-corrected chi connectivity index (χ4v) is 2.01. The van der Waals surface area contributed by atoms with Crippen molar-refractivity contribution < 1.29 is 18.3 Å². The number of ether oxygens (including phenoxy) is 2. The number of epoxide rings is 1. The molecule has 1 aliphatic heterocycles. The molecule has 0 N–H and O–H groups in total. The maximum Gasteiger partial charge on any atom is 0.336 e. The summed E-state index contributed by atoms with van der Waals surface area (Å²) < 4.78 is 21.1. The van der Waals surface area contributed by atoms with Crippen molar-refractivity contribution >= 4 is 8.56 Å². The van der Waals surface area contributed by atoms with E-state index < -0.39 is 8.56 Å². The van der Waals surface area contributed by atoms with Gasteiger partial charge in [-0.05, 0) is 6.55 Å². The summed E-state index contributed by atoms with van der Waals surface area (Å²) in [7, 11) is 1.47. The highest BCUT2D eigenvalue weighted by atomic mass is 28.4. The van der Waals surface area contributed by atoms with Gasteiger partial charge < -0.3 is 18.3 Å². The largest absolute Gasteiger partial charge is 0.398 e. The van der Waals surface area contributed by atoms with E-state index >= 15 is 0 Å². The van der Waals surface area contributed by atoms with Crippen molar-refractivity contribution in [2.24, 2.45) is 0 Å². The first-order valence-corrected chi connectivity index (χ1v) is 7.02. The molecular weight excluding hydrogens is 188 g/mol. The van der Waals surface area contributed by atoms with E-state index in [1.54, 1.807) is 14.2 Å². The molecule has 5 heteroatoms. The highest BCUT2D eigenvalue weighted by molar-refractivity contribution is 6.65. The lowest BCUT2D eigenvalue weighted by Gasteiger charge is -2.22. The molecule has 0 aliphatic carbocycles. The summed E-state index contributed by atoms with van der Waals surface area (Å²) in [6.45, 7) is 4.29. The van der Waals surface area contributed by atoms with Crippen LogP contribution in [0, 0.1) is 0 Å². The zero-order valence-corrected chi connectivity index (χ0v) is 9.54. The molecule has 1 rings (SSSR count). The maximum absolute atomic E-state index is 5.41. The Balaban J connectivity index is 2.01. The lowest BCUT2D eigenvalue weighted by atomic mass is 10.5. The molecule has 1 atom stereocenters. The van der Waals surface area contributed by atoms with Gasteiger partial charge in [0.2, 0.25) is 0 Å². The van der Waals surface area contributed by atoms with Crippen molar-refractivity contribution in [2.75, 3.05) is 34.0 Å². The van der Waals surface area contributed by atoms with Crippen molar-refractivity contribution in [2.45, 2.75) is 18.7 Å². The van der Waals surface area contributed by atoms with Crippen LogP contribution in [-0.4, -0.2) is 48.7 Å². The van der Waals surface area contributed by atoms with E-state index in [9.17, 15) is 0 Å². The fraction of sp³-hybridized carbons (Fsp3) is 1.00. The summed E-state index contributed by atoms with van der Waals surface area (Å²) in [4.78, 5) is 0. The molecule has 4 nitrogen and oxygen atoms in total. The number of rotatable bonds is 7. The second-order valence-corrected chi connectivity index (χ2v) is 6.91. The van der Waals surface area contributed by atoms with Crippen LogP contribution in [0.15, 0.2) is 0 Å². The van der Waals surface area contributed by atoms with E-state index in [0.717, 1.165) is 12.7 Å². The number of hydrogen-bond donors (Lipinski definition) is 0. The average molecular weight is 206 g/mol. The molecule has 0 bridgehead atoms. The minimum atomic E-state index is -1.91. The number of hydrogen-bond acceptors (Lipinski definition) is 4. The van der Waals surface area contributed by atoms with Crippen LogP contribution in [0.2, 0.25) is 12.6 Å². The molecule has 1 heterocycles. The zero-order chi connectivity index (χ0) is 9.73. The molecule has 0 aromatic rings. The Kier molecular flexibility index (Phi) is 4.34. The van der Waals surface area contributed by atoms with Gasteiger partial charge in [-0.2, -0.15) is 0 Å². The molecule has 1 saturated heterocycles. The third kappa shape index (κ3) is 4.19. The van der Waals surface area contributed by atoms with Gasteiger partial charge in [-0.1, -0.05) is 0 Å². The van der Waals surface area contributed by atoms with Gasteiger partial charge in [-0.3, -0.25) is 0 Å². The molecule has 0 radical (unpaired) electrons. The summed E-state index contributed by atoms with van der Waals surface area (Å²) in [6, 6.07) is 0.868. The van der Waals surface area contributed by atoms with E-state index in [-0.39, 0.29) is 0 Å². The molecule has 0 amide bonds. The van der Waals surface area contributed by atoms with Crippen molar-refractivity contribution in [3.63, 3.8) is 0 Å². The first kappa shape index (κ1) is 11.1. The first-order valence-electron chi connectivity index (χ1n) is 4.50. The highest BCUT2D eigenvalue weighted by Crippen LogP contribution is 2.13. The standard InChI is InChI=1S/C8H18O4Si/c1-9-13(3,10-2)5-4-11-6-8-7-12-8/h8H,4-7H2,1-3H3/t8-/m0/s1. The van der Waals surface area contributed by atoms with Crippen LogP contribution >= 0.6 is 0 Å². The van der Waals surface area contributed by atoms with Gasteiger partial charge in [0.1, 0.15) is 6.10 Å². The lowest BCUT2D eigenvalue weighted by molar-refractivity contribution is 0.119. The van der Waals surface area contributed by atoms with Gasteiger partial charge in [0.15, 0.2) is 0 Å². The Morgan fingerprint density at radius 3 is 2.46 bits per heavy atom. The Morgan fingerprint density at radius 1 is 1.38 bits per heavy atom. The normalized spacial score (nSPS) is 21.9. The van der Waals surface area contributed by atoms with Gasteiger partial charge in [-0.25, -0.2) is 0 Å². The van der Waals surface area contributed by atoms with E-state index in [0.29, 0.717) is 19.3 Å². The van der Waals surface area contributed by atoms with Crippen molar-refractivity contribution in [1.29, 1.82) is 0 Å². The summed E-state index contributed by atoms with van der Waals surface area (Å²) >= 11 is 0. The van der Waals surface area contributed by atoms with Crippen molar-refractivity contribution in [3.8, 4) is 0 Å². The van der Waals surface area contributed by atoms with E-state index in [1.807, 2.05) is 6.55 Å². The summed E-state index contributed by atoms with van der Waals surface area (Å²) in [5, 5.41) is 0. The van der Waals surface area contributed by atoms with Crippen LogP contribution in [0.1, 0.15) is 0 Å². The quantitative estimate of drug-likeness (QED) is 0.350. The smallest absolute Gasteiger partial charge is 0.336 e. The van der Waals surface area contributed by atoms with E-state index in [2.05, 4.69) is 0 Å². The molecule has 0 aromatic heterocycles. The van der Waals surface area contributed by atoms with E-state index in [4.69, 9.17) is 18.3 Å². The third-order valence-electron chi connectivity index (χ3n) is 2.27. The van der Waals surface area contributed by atoms with Crippen molar-refractivity contribution in [3.05, 3.63) is 0 Å². The van der Waals surface area contributed by atoms with Crippen molar-refractivity contribution in [1.82, 2.24) is 0 Å². The predicted octanol–water partition coefficient (Wildman–Crippen LogP) is 0.767. The van der Waals surface area contributed by atoms with Crippen LogP contribution in [0.25, 0.3) is 0 Å². The monoisotopic (exact) mass is 206 g/mol. The molecule has 0 spiro atoms. The molecule has 13 heavy (non-hydrogen) atoms. The SMILES string of the molecule is CO[Si](C)(CCOC[C@H]1CO1)OC. The second kappa shape index (κ2) is 5.07. The zero-order valence-electron chi connectivity index (χ0n) is 8.54. The maximum atomic E-state index is 5.41. The summed E-state index contributed by atoms with van der Waals surface area (Å²) in [5.74, 6) is 0. The van der Waals surface area contributed by atoms with Crippen LogP contribution < -0.4 is 0 Å². The summed E-state index contributed by atoms with van der Waals surface area (Å²) in [6.07, 6.45) is 0.345. The van der Waals surface area contributed by atoms with Gasteiger partial charge in [0.25, 0.3) is 0 Å². The third-order valence-corrected chi connectivity index (χ3v) is 5.11. The Hall–Kier alpha value is 0.0569. The van der Waals surface area contributed by atoms with Gasteiger partial charge in [0.05, 0.1) is 13.2 Å². The van der Waals surface area contributed by atoms with E-state index in [1.165, 1.54) is 0 Å². The molecular formula is C8H18O4Si. The first-order chi connectivity index (χ1) is 6.20. The van der Waals surface area contributed by atoms with Crippen LogP contribution in [0.5, 0.6) is 0 Å². The van der Waals surface area contributed by atoms with Crippen LogP contribution in [-0.2, 0) is 18.3 Å². The van der Waals surface area contributed by atoms with Crippen LogP contribution in [0.3, 0.4) is 0 Å². The molecule has 0 aromatic carbocycles. The second-order valence-electron chi connectivity index (χ2n) is 3.32. The minimum absolute atomic E-state index is 0.345. The molecule has 1 fully saturated rings. The van der Waals surface area contributed by atoms with Crippen LogP contribution in [0.4, 0.5) is 0 Å². The Morgan fingerprint density at radius 2 is 2.00 bits per heavy atom. The Labute approximate surface area is 80.4 Å². The molecule has 0 unspecified atom stereocenters. The molecule has 0 saturated carbocycles. The minimum Gasteiger partial charge on any atom is -0.398 e. The average Bonchev–Trinajstić information content (AvgIpc) is 2.96. The Bertz CT molecular complexity index is 145. The summed E-state index contributed by atoms with van der Waals surface area (Å²) in [5.41, 5.74) is 0. The van der Waals surface area contributed by atoms with Gasteiger partial charge >= 0.3 is 8.56 Å². The van der Waals surface area contributed by atoms with Gasteiger partial charge in [-0.15, -0.1) is 0 Å². The lowest BCUT2D eigenvalue weighted by Crippen LogP contribution is -2.37.